The third kappa shape index (κ3) is 2.88. The quantitative estimate of drug-likeness (QED) is 0.803. The van der Waals surface area contributed by atoms with Crippen LogP contribution in [0.5, 0.6) is 0 Å². The van der Waals surface area contributed by atoms with E-state index in [1.54, 1.807) is 6.07 Å². The zero-order valence-corrected chi connectivity index (χ0v) is 12.3. The molecule has 0 radical (unpaired) electrons. The highest BCUT2D eigenvalue weighted by Crippen LogP contribution is 2.34. The number of nitrogens with zero attached hydrogens (tertiary/aromatic N) is 1. The van der Waals surface area contributed by atoms with Crippen molar-refractivity contribution in [2.75, 3.05) is 23.7 Å². The van der Waals surface area contributed by atoms with Crippen molar-refractivity contribution in [3.63, 3.8) is 0 Å². The summed E-state index contributed by atoms with van der Waals surface area (Å²) in [6.45, 7) is 6.22. The molecule has 2 rings (SSSR count). The van der Waals surface area contributed by atoms with Crippen LogP contribution in [0.1, 0.15) is 13.8 Å². The van der Waals surface area contributed by atoms with E-state index in [9.17, 15) is 4.39 Å². The van der Waals surface area contributed by atoms with Crippen molar-refractivity contribution >= 4 is 39.1 Å². The van der Waals surface area contributed by atoms with Crippen molar-refractivity contribution in [1.82, 2.24) is 0 Å². The van der Waals surface area contributed by atoms with Gasteiger partial charge in [0.05, 0.1) is 15.8 Å². The SMILES string of the molecule is CC1CN(c2cc(F)c(Br)cc2N)CC(C)S1. The molecule has 1 saturated heterocycles. The fourth-order valence-electron chi connectivity index (χ4n) is 2.20. The zero-order chi connectivity index (χ0) is 12.6. The average molecular weight is 319 g/mol. The van der Waals surface area contributed by atoms with E-state index < -0.39 is 0 Å². The maximum atomic E-state index is 13.6. The summed E-state index contributed by atoms with van der Waals surface area (Å²) >= 11 is 5.12. The molecule has 1 aromatic rings. The summed E-state index contributed by atoms with van der Waals surface area (Å²) in [7, 11) is 0. The molecule has 0 bridgehead atoms. The van der Waals surface area contributed by atoms with Gasteiger partial charge in [0.15, 0.2) is 0 Å². The van der Waals surface area contributed by atoms with Crippen molar-refractivity contribution < 1.29 is 4.39 Å². The van der Waals surface area contributed by atoms with Gasteiger partial charge in [-0.05, 0) is 22.0 Å². The highest BCUT2D eigenvalue weighted by atomic mass is 79.9. The second kappa shape index (κ2) is 5.06. The number of thioether (sulfide) groups is 1. The number of hydrogen-bond acceptors (Lipinski definition) is 3. The molecule has 1 aliphatic rings. The smallest absolute Gasteiger partial charge is 0.139 e. The molecule has 1 heterocycles. The lowest BCUT2D eigenvalue weighted by Gasteiger charge is -2.36. The van der Waals surface area contributed by atoms with Crippen LogP contribution in [0, 0.1) is 5.82 Å². The van der Waals surface area contributed by atoms with Gasteiger partial charge in [-0.2, -0.15) is 11.8 Å². The van der Waals surface area contributed by atoms with Gasteiger partial charge in [-0.15, -0.1) is 0 Å². The maximum Gasteiger partial charge on any atom is 0.139 e. The van der Waals surface area contributed by atoms with Gasteiger partial charge in [-0.3, -0.25) is 0 Å². The molecule has 0 saturated carbocycles. The van der Waals surface area contributed by atoms with Gasteiger partial charge in [0.2, 0.25) is 0 Å². The van der Waals surface area contributed by atoms with Crippen LogP contribution in [-0.4, -0.2) is 23.6 Å². The largest absolute Gasteiger partial charge is 0.397 e. The molecule has 2 nitrogen and oxygen atoms in total. The van der Waals surface area contributed by atoms with E-state index in [-0.39, 0.29) is 5.82 Å². The Morgan fingerprint density at radius 2 is 1.94 bits per heavy atom. The molecule has 2 N–H and O–H groups in total. The Labute approximate surface area is 114 Å². The Bertz CT molecular complexity index is 417. The Hall–Kier alpha value is -0.420. The summed E-state index contributed by atoms with van der Waals surface area (Å²) in [5, 5.41) is 1.09. The van der Waals surface area contributed by atoms with Crippen LogP contribution in [-0.2, 0) is 0 Å². The molecule has 0 aromatic heterocycles. The highest BCUT2D eigenvalue weighted by molar-refractivity contribution is 9.10. The van der Waals surface area contributed by atoms with Crippen LogP contribution < -0.4 is 10.6 Å². The molecule has 5 heteroatoms. The van der Waals surface area contributed by atoms with E-state index in [4.69, 9.17) is 5.73 Å². The van der Waals surface area contributed by atoms with Gasteiger partial charge in [-0.1, -0.05) is 13.8 Å². The lowest BCUT2D eigenvalue weighted by atomic mass is 10.2. The minimum absolute atomic E-state index is 0.257. The van der Waals surface area contributed by atoms with E-state index in [2.05, 4.69) is 34.7 Å². The van der Waals surface area contributed by atoms with Crippen LogP contribution in [0.4, 0.5) is 15.8 Å². The van der Waals surface area contributed by atoms with Crippen LogP contribution in [0.15, 0.2) is 16.6 Å². The molecule has 0 amide bonds. The summed E-state index contributed by atoms with van der Waals surface area (Å²) in [4.78, 5) is 2.18. The van der Waals surface area contributed by atoms with Crippen LogP contribution >= 0.6 is 27.7 Å². The van der Waals surface area contributed by atoms with Crippen molar-refractivity contribution in [2.45, 2.75) is 24.3 Å². The first-order valence-corrected chi connectivity index (χ1v) is 7.36. The number of hydrogen-bond donors (Lipinski definition) is 1. The van der Waals surface area contributed by atoms with Crippen LogP contribution in [0.3, 0.4) is 0 Å². The molecule has 1 fully saturated rings. The molecular weight excluding hydrogens is 303 g/mol. The standard InChI is InChI=1S/C12H16BrFN2S/c1-7-5-16(6-8(2)17-7)12-4-10(14)9(13)3-11(12)15/h3-4,7-8H,5-6,15H2,1-2H3. The monoisotopic (exact) mass is 318 g/mol. The topological polar surface area (TPSA) is 29.3 Å². The number of benzene rings is 1. The summed E-state index contributed by atoms with van der Waals surface area (Å²) in [6.07, 6.45) is 0. The number of nitrogens with two attached hydrogens (primary N) is 1. The average Bonchev–Trinajstić information content (AvgIpc) is 2.22. The van der Waals surface area contributed by atoms with Crippen molar-refractivity contribution in [1.29, 1.82) is 0 Å². The summed E-state index contributed by atoms with van der Waals surface area (Å²) in [5.74, 6) is -0.257. The van der Waals surface area contributed by atoms with Gasteiger partial charge >= 0.3 is 0 Å². The minimum Gasteiger partial charge on any atom is -0.397 e. The third-order valence-corrected chi connectivity index (χ3v) is 4.66. The number of anilines is 2. The van der Waals surface area contributed by atoms with Crippen molar-refractivity contribution in [3.8, 4) is 0 Å². The van der Waals surface area contributed by atoms with E-state index in [1.165, 1.54) is 6.07 Å². The Balaban J connectivity index is 2.30. The van der Waals surface area contributed by atoms with Gasteiger partial charge in [0.1, 0.15) is 5.82 Å². The fourth-order valence-corrected chi connectivity index (χ4v) is 3.89. The highest BCUT2D eigenvalue weighted by Gasteiger charge is 2.24. The molecule has 17 heavy (non-hydrogen) atoms. The summed E-state index contributed by atoms with van der Waals surface area (Å²) < 4.78 is 14.0. The molecule has 1 aliphatic heterocycles. The first kappa shape index (κ1) is 13.0. The first-order valence-electron chi connectivity index (χ1n) is 5.62. The van der Waals surface area contributed by atoms with Crippen LogP contribution in [0.2, 0.25) is 0 Å². The van der Waals surface area contributed by atoms with E-state index in [1.807, 2.05) is 11.8 Å². The molecule has 2 unspecified atom stereocenters. The van der Waals surface area contributed by atoms with Crippen molar-refractivity contribution in [3.05, 3.63) is 22.4 Å². The lowest BCUT2D eigenvalue weighted by molar-refractivity contribution is 0.619. The molecular formula is C12H16BrFN2S. The van der Waals surface area contributed by atoms with Crippen molar-refractivity contribution in [2.24, 2.45) is 0 Å². The second-order valence-corrected chi connectivity index (χ2v) is 7.22. The lowest BCUT2D eigenvalue weighted by Crippen LogP contribution is -2.40. The molecule has 0 aliphatic carbocycles. The van der Waals surface area contributed by atoms with Crippen LogP contribution in [0.25, 0.3) is 0 Å². The normalized spacial score (nSPS) is 25.1. The van der Waals surface area contributed by atoms with E-state index in [0.29, 0.717) is 20.7 Å². The summed E-state index contributed by atoms with van der Waals surface area (Å²) in [6, 6.07) is 3.16. The minimum atomic E-state index is -0.257. The maximum absolute atomic E-state index is 13.6. The van der Waals surface area contributed by atoms with E-state index >= 15 is 0 Å². The second-order valence-electron chi connectivity index (χ2n) is 4.49. The Kier molecular flexibility index (Phi) is 3.88. The number of nitrogen functional groups attached to an aromatic ring is 1. The predicted octanol–water partition coefficient (Wildman–Crippen LogP) is 3.50. The first-order chi connectivity index (χ1) is 7.97. The number of rotatable bonds is 1. The fraction of sp³-hybridized carbons (Fsp3) is 0.500. The van der Waals surface area contributed by atoms with Gasteiger partial charge in [-0.25, -0.2) is 4.39 Å². The molecule has 2 atom stereocenters. The zero-order valence-electron chi connectivity index (χ0n) is 9.91. The third-order valence-electron chi connectivity index (χ3n) is 2.83. The molecule has 1 aromatic carbocycles. The van der Waals surface area contributed by atoms with E-state index in [0.717, 1.165) is 18.8 Å². The van der Waals surface area contributed by atoms with Gasteiger partial charge in [0.25, 0.3) is 0 Å². The Morgan fingerprint density at radius 1 is 1.35 bits per heavy atom. The predicted molar refractivity (Wildman–Crippen MR) is 77.2 cm³/mol. The molecule has 0 spiro atoms. The summed E-state index contributed by atoms with van der Waals surface area (Å²) in [5.41, 5.74) is 7.41. The number of halogens is 2. The van der Waals surface area contributed by atoms with Gasteiger partial charge < -0.3 is 10.6 Å². The molecule has 94 valence electrons. The Morgan fingerprint density at radius 3 is 2.53 bits per heavy atom. The van der Waals surface area contributed by atoms with Gasteiger partial charge in [0, 0.05) is 29.7 Å².